The highest BCUT2D eigenvalue weighted by atomic mass is 32.1. The number of thiocarbonyl (C=S) groups is 1. The van der Waals surface area contributed by atoms with Gasteiger partial charge in [-0.3, -0.25) is 9.55 Å². The summed E-state index contributed by atoms with van der Waals surface area (Å²) in [4.78, 5) is 11.4. The van der Waals surface area contributed by atoms with Gasteiger partial charge in [0.05, 0.1) is 17.8 Å². The number of pyridine rings is 1. The molecule has 0 aliphatic carbocycles. The van der Waals surface area contributed by atoms with Crippen molar-refractivity contribution in [1.29, 1.82) is 0 Å². The number of aryl methyl sites for hydroxylation is 2. The van der Waals surface area contributed by atoms with Gasteiger partial charge in [-0.15, -0.1) is 11.3 Å². The minimum Gasteiger partial charge on any atom is -0.351 e. The largest absolute Gasteiger partial charge is 0.351 e. The highest BCUT2D eigenvalue weighted by Crippen LogP contribution is 2.43. The summed E-state index contributed by atoms with van der Waals surface area (Å²) in [6, 6.07) is 16.7. The van der Waals surface area contributed by atoms with Crippen LogP contribution in [0.2, 0.25) is 0 Å². The van der Waals surface area contributed by atoms with Gasteiger partial charge in [-0.1, -0.05) is 18.2 Å². The van der Waals surface area contributed by atoms with Crippen molar-refractivity contribution in [1.82, 2.24) is 19.9 Å². The average molecular weight is 446 g/mol. The fraction of sp³-hybridized carbons (Fsp3) is 0.208. The lowest BCUT2D eigenvalue weighted by Crippen LogP contribution is -2.29. The predicted octanol–water partition coefficient (Wildman–Crippen LogP) is 5.43. The molecule has 3 aromatic heterocycles. The second-order valence-corrected chi connectivity index (χ2v) is 9.07. The molecule has 7 heteroatoms. The molecule has 2 atom stereocenters. The van der Waals surface area contributed by atoms with Crippen LogP contribution in [-0.2, 0) is 0 Å². The number of rotatable bonds is 4. The number of hydrogen-bond acceptors (Lipinski definition) is 4. The van der Waals surface area contributed by atoms with Crippen molar-refractivity contribution in [3.05, 3.63) is 94.5 Å². The molecule has 1 aromatic carbocycles. The molecule has 0 spiro atoms. The van der Waals surface area contributed by atoms with Crippen molar-refractivity contribution in [3.63, 3.8) is 0 Å². The molecule has 0 bridgehead atoms. The highest BCUT2D eigenvalue weighted by Gasteiger charge is 2.42. The van der Waals surface area contributed by atoms with E-state index in [1.54, 1.807) is 11.3 Å². The molecular weight excluding hydrogens is 422 g/mol. The summed E-state index contributed by atoms with van der Waals surface area (Å²) in [6.45, 7) is 6.40. The van der Waals surface area contributed by atoms with Gasteiger partial charge in [0, 0.05) is 34.8 Å². The van der Waals surface area contributed by atoms with E-state index < -0.39 is 0 Å². The van der Waals surface area contributed by atoms with Crippen molar-refractivity contribution >= 4 is 34.4 Å². The third kappa shape index (κ3) is 3.43. The zero-order valence-corrected chi connectivity index (χ0v) is 19.2. The van der Waals surface area contributed by atoms with E-state index in [1.807, 2.05) is 29.9 Å². The van der Waals surface area contributed by atoms with Gasteiger partial charge >= 0.3 is 0 Å². The minimum absolute atomic E-state index is 0.0240. The Balaban J connectivity index is 1.69. The SMILES string of the molecule is Cc1cccc(N2C(=S)N[C@H](c3ccccn3)[C@H]2c2cc(C)n(-c3nccs3)c2C)c1. The first kappa shape index (κ1) is 19.9. The molecule has 1 fully saturated rings. The molecule has 1 saturated heterocycles. The van der Waals surface area contributed by atoms with E-state index in [1.165, 1.54) is 16.8 Å². The predicted molar refractivity (Wildman–Crippen MR) is 130 cm³/mol. The van der Waals surface area contributed by atoms with Crippen LogP contribution in [-0.4, -0.2) is 19.6 Å². The molecule has 1 N–H and O–H groups in total. The lowest BCUT2D eigenvalue weighted by molar-refractivity contribution is 0.565. The van der Waals surface area contributed by atoms with Crippen LogP contribution in [0.5, 0.6) is 0 Å². The zero-order chi connectivity index (χ0) is 21.5. The number of anilines is 1. The van der Waals surface area contributed by atoms with Crippen LogP contribution >= 0.6 is 23.6 Å². The average Bonchev–Trinajstić information content (AvgIpc) is 3.46. The lowest BCUT2D eigenvalue weighted by Gasteiger charge is -2.28. The topological polar surface area (TPSA) is 46.0 Å². The third-order valence-corrected chi connectivity index (χ3v) is 6.85. The number of benzene rings is 1. The number of thiazole rings is 1. The van der Waals surface area contributed by atoms with Crippen LogP contribution in [0, 0.1) is 20.8 Å². The summed E-state index contributed by atoms with van der Waals surface area (Å²) in [7, 11) is 0. The Morgan fingerprint density at radius 2 is 1.87 bits per heavy atom. The molecule has 4 aromatic rings. The van der Waals surface area contributed by atoms with Gasteiger partial charge in [0.25, 0.3) is 0 Å². The van der Waals surface area contributed by atoms with Gasteiger partial charge in [-0.05, 0) is 74.4 Å². The molecule has 0 unspecified atom stereocenters. The summed E-state index contributed by atoms with van der Waals surface area (Å²) in [5.41, 5.74) is 6.81. The van der Waals surface area contributed by atoms with Crippen LogP contribution in [0.4, 0.5) is 5.69 Å². The van der Waals surface area contributed by atoms with E-state index >= 15 is 0 Å². The summed E-state index contributed by atoms with van der Waals surface area (Å²) >= 11 is 7.49. The van der Waals surface area contributed by atoms with Crippen molar-refractivity contribution < 1.29 is 0 Å². The smallest absolute Gasteiger partial charge is 0.193 e. The first-order valence-corrected chi connectivity index (χ1v) is 11.5. The number of nitrogens with one attached hydrogen (secondary N) is 1. The molecule has 0 radical (unpaired) electrons. The van der Waals surface area contributed by atoms with Gasteiger partial charge in [0.15, 0.2) is 10.2 Å². The molecule has 0 saturated carbocycles. The molecular formula is C24H23N5S2. The first-order chi connectivity index (χ1) is 15.0. The second kappa shape index (κ2) is 7.90. The Labute approximate surface area is 191 Å². The summed E-state index contributed by atoms with van der Waals surface area (Å²) in [5, 5.41) is 7.25. The first-order valence-electron chi connectivity index (χ1n) is 10.2. The monoisotopic (exact) mass is 445 g/mol. The Morgan fingerprint density at radius 3 is 2.58 bits per heavy atom. The molecule has 5 rings (SSSR count). The maximum atomic E-state index is 5.85. The molecule has 156 valence electrons. The summed E-state index contributed by atoms with van der Waals surface area (Å²) < 4.78 is 2.23. The van der Waals surface area contributed by atoms with Crippen molar-refractivity contribution in [2.24, 2.45) is 0 Å². The molecule has 1 aliphatic rings. The van der Waals surface area contributed by atoms with Gasteiger partial charge < -0.3 is 10.2 Å². The Bertz CT molecular complexity index is 1230. The molecule has 1 aliphatic heterocycles. The van der Waals surface area contributed by atoms with Crippen LogP contribution in [0.25, 0.3) is 5.13 Å². The van der Waals surface area contributed by atoms with Gasteiger partial charge in [-0.2, -0.15) is 0 Å². The number of hydrogen-bond donors (Lipinski definition) is 1. The third-order valence-electron chi connectivity index (χ3n) is 5.78. The standard InChI is InChI=1S/C24H23N5S2/c1-15-7-6-8-18(13-15)29-22(21(27-23(29)30)20-9-4-5-10-25-20)19-14-16(2)28(17(19)3)24-26-11-12-31-24/h4-14,21-22H,1-3H3,(H,27,30)/t21-,22-/m1/s1. The summed E-state index contributed by atoms with van der Waals surface area (Å²) in [5.74, 6) is 0. The molecule has 4 heterocycles. The van der Waals surface area contributed by atoms with E-state index in [9.17, 15) is 0 Å². The Kier molecular flexibility index (Phi) is 5.08. The van der Waals surface area contributed by atoms with Crippen molar-refractivity contribution in [3.8, 4) is 5.13 Å². The summed E-state index contributed by atoms with van der Waals surface area (Å²) in [6.07, 6.45) is 3.69. The maximum absolute atomic E-state index is 5.85. The molecule has 31 heavy (non-hydrogen) atoms. The number of nitrogens with zero attached hydrogens (tertiary/aromatic N) is 4. The van der Waals surface area contributed by atoms with E-state index in [-0.39, 0.29) is 12.1 Å². The van der Waals surface area contributed by atoms with E-state index in [2.05, 4.69) is 81.9 Å². The van der Waals surface area contributed by atoms with Crippen molar-refractivity contribution in [2.45, 2.75) is 32.9 Å². The van der Waals surface area contributed by atoms with E-state index in [4.69, 9.17) is 12.2 Å². The zero-order valence-electron chi connectivity index (χ0n) is 17.6. The normalized spacial score (nSPS) is 18.4. The van der Waals surface area contributed by atoms with E-state index in [0.29, 0.717) is 5.11 Å². The van der Waals surface area contributed by atoms with E-state index in [0.717, 1.165) is 22.2 Å². The van der Waals surface area contributed by atoms with Gasteiger partial charge in [0.2, 0.25) is 0 Å². The Morgan fingerprint density at radius 1 is 1.00 bits per heavy atom. The molecule has 0 amide bonds. The quantitative estimate of drug-likeness (QED) is 0.424. The van der Waals surface area contributed by atoms with Crippen molar-refractivity contribution in [2.75, 3.05) is 4.90 Å². The lowest BCUT2D eigenvalue weighted by atomic mass is 9.96. The number of aromatic nitrogens is 3. The second-order valence-electron chi connectivity index (χ2n) is 7.81. The van der Waals surface area contributed by atoms with Crippen LogP contribution < -0.4 is 10.2 Å². The fourth-order valence-corrected chi connectivity index (χ4v) is 5.53. The van der Waals surface area contributed by atoms with Crippen LogP contribution in [0.15, 0.2) is 66.3 Å². The van der Waals surface area contributed by atoms with Gasteiger partial charge in [-0.25, -0.2) is 4.98 Å². The maximum Gasteiger partial charge on any atom is 0.193 e. The van der Waals surface area contributed by atoms with Crippen LogP contribution in [0.3, 0.4) is 0 Å². The Hall–Kier alpha value is -3.03. The van der Waals surface area contributed by atoms with Crippen LogP contribution in [0.1, 0.15) is 40.3 Å². The molecule has 5 nitrogen and oxygen atoms in total. The minimum atomic E-state index is -0.0561. The highest BCUT2D eigenvalue weighted by molar-refractivity contribution is 7.80. The van der Waals surface area contributed by atoms with Gasteiger partial charge in [0.1, 0.15) is 0 Å². The fourth-order valence-electron chi connectivity index (χ4n) is 4.43.